The maximum Gasteiger partial charge on any atom is 0.188 e. The first-order valence-corrected chi connectivity index (χ1v) is 8.62. The molecule has 25 heavy (non-hydrogen) atoms. The first-order chi connectivity index (χ1) is 12.4. The van der Waals surface area contributed by atoms with E-state index >= 15 is 0 Å². The maximum atomic E-state index is 11.6. The molecule has 3 heterocycles. The molecule has 1 aliphatic carbocycles. The molecular formula is C19H19N5O. The van der Waals surface area contributed by atoms with Crippen LogP contribution in [0.2, 0.25) is 0 Å². The van der Waals surface area contributed by atoms with Gasteiger partial charge in [0.15, 0.2) is 5.82 Å². The molecular weight excluding hydrogens is 314 g/mol. The zero-order chi connectivity index (χ0) is 17.1. The summed E-state index contributed by atoms with van der Waals surface area (Å²) < 4.78 is 1.95. The summed E-state index contributed by atoms with van der Waals surface area (Å²) in [6.45, 7) is 0. The summed E-state index contributed by atoms with van der Waals surface area (Å²) in [5.41, 5.74) is 0.741. The van der Waals surface area contributed by atoms with Gasteiger partial charge in [-0.3, -0.25) is 9.55 Å². The van der Waals surface area contributed by atoms with Crippen LogP contribution in [0.3, 0.4) is 0 Å². The Bertz CT molecular complexity index is 847. The fraction of sp³-hybridized carbons (Fsp3) is 0.316. The van der Waals surface area contributed by atoms with Gasteiger partial charge in [-0.2, -0.15) is 0 Å². The highest BCUT2D eigenvalue weighted by molar-refractivity contribution is 5.57. The molecule has 3 aromatic rings. The fourth-order valence-corrected chi connectivity index (χ4v) is 3.55. The minimum Gasteiger partial charge on any atom is -0.303 e. The largest absolute Gasteiger partial charge is 0.303 e. The van der Waals surface area contributed by atoms with E-state index in [4.69, 9.17) is 0 Å². The van der Waals surface area contributed by atoms with Crippen LogP contribution < -0.4 is 0 Å². The molecule has 0 saturated heterocycles. The van der Waals surface area contributed by atoms with Crippen LogP contribution in [0.4, 0.5) is 0 Å². The number of hydrogen-bond donors (Lipinski definition) is 0. The average Bonchev–Trinajstić information content (AvgIpc) is 3.14. The Morgan fingerprint density at radius 3 is 2.48 bits per heavy atom. The van der Waals surface area contributed by atoms with E-state index in [1.165, 1.54) is 0 Å². The van der Waals surface area contributed by atoms with Gasteiger partial charge in [0.25, 0.3) is 0 Å². The van der Waals surface area contributed by atoms with Gasteiger partial charge in [0.2, 0.25) is 0 Å². The minimum absolute atomic E-state index is 0.0167. The molecule has 0 N–H and O–H groups in total. The molecule has 2 atom stereocenters. The van der Waals surface area contributed by atoms with Gasteiger partial charge in [-0.1, -0.05) is 25.0 Å². The van der Waals surface area contributed by atoms with E-state index in [0.29, 0.717) is 5.82 Å². The number of rotatable bonds is 4. The van der Waals surface area contributed by atoms with E-state index in [9.17, 15) is 4.79 Å². The molecule has 1 aliphatic rings. The molecule has 126 valence electrons. The van der Waals surface area contributed by atoms with Gasteiger partial charge in [-0.05, 0) is 37.1 Å². The van der Waals surface area contributed by atoms with E-state index in [1.807, 2.05) is 41.0 Å². The third-order valence-electron chi connectivity index (χ3n) is 4.79. The van der Waals surface area contributed by atoms with E-state index in [1.54, 1.807) is 12.4 Å². The SMILES string of the molecule is O=CC1CCCCC1c1nnc(-c2ccccn2)n1-c1ccccn1. The van der Waals surface area contributed by atoms with E-state index in [0.717, 1.165) is 49.3 Å². The van der Waals surface area contributed by atoms with Crippen molar-refractivity contribution in [2.45, 2.75) is 31.6 Å². The molecule has 0 spiro atoms. The van der Waals surface area contributed by atoms with Crippen LogP contribution in [-0.2, 0) is 4.79 Å². The summed E-state index contributed by atoms with van der Waals surface area (Å²) in [4.78, 5) is 20.5. The van der Waals surface area contributed by atoms with Crippen LogP contribution in [0.1, 0.15) is 37.4 Å². The van der Waals surface area contributed by atoms with Crippen LogP contribution in [0.5, 0.6) is 0 Å². The van der Waals surface area contributed by atoms with Crippen molar-refractivity contribution >= 4 is 6.29 Å². The van der Waals surface area contributed by atoms with Crippen molar-refractivity contribution in [3.63, 3.8) is 0 Å². The van der Waals surface area contributed by atoms with Crippen LogP contribution in [-0.4, -0.2) is 31.0 Å². The van der Waals surface area contributed by atoms with E-state index in [-0.39, 0.29) is 11.8 Å². The minimum atomic E-state index is -0.0167. The summed E-state index contributed by atoms with van der Waals surface area (Å²) in [7, 11) is 0. The zero-order valence-electron chi connectivity index (χ0n) is 13.8. The lowest BCUT2D eigenvalue weighted by molar-refractivity contribution is -0.112. The second-order valence-corrected chi connectivity index (χ2v) is 6.31. The highest BCUT2D eigenvalue weighted by Crippen LogP contribution is 2.37. The molecule has 1 saturated carbocycles. The number of aromatic nitrogens is 5. The van der Waals surface area contributed by atoms with Gasteiger partial charge in [0, 0.05) is 24.2 Å². The lowest BCUT2D eigenvalue weighted by Gasteiger charge is -2.27. The Hall–Kier alpha value is -2.89. The Morgan fingerprint density at radius 2 is 1.76 bits per heavy atom. The Morgan fingerprint density at radius 1 is 0.960 bits per heavy atom. The fourth-order valence-electron chi connectivity index (χ4n) is 3.55. The lowest BCUT2D eigenvalue weighted by atomic mass is 9.79. The van der Waals surface area contributed by atoms with Crippen molar-refractivity contribution in [3.05, 3.63) is 54.6 Å². The first-order valence-electron chi connectivity index (χ1n) is 8.62. The first kappa shape index (κ1) is 15.6. The highest BCUT2D eigenvalue weighted by Gasteiger charge is 2.32. The normalized spacial score (nSPS) is 20.3. The third kappa shape index (κ3) is 2.95. The Balaban J connectivity index is 1.88. The van der Waals surface area contributed by atoms with Gasteiger partial charge in [-0.15, -0.1) is 10.2 Å². The molecule has 3 aromatic heterocycles. The van der Waals surface area contributed by atoms with Gasteiger partial charge in [-0.25, -0.2) is 4.98 Å². The van der Waals surface area contributed by atoms with Crippen molar-refractivity contribution in [1.82, 2.24) is 24.7 Å². The van der Waals surface area contributed by atoms with E-state index in [2.05, 4.69) is 20.2 Å². The lowest BCUT2D eigenvalue weighted by Crippen LogP contribution is -2.22. The Labute approximate surface area is 146 Å². The van der Waals surface area contributed by atoms with Gasteiger partial charge in [0.05, 0.1) is 0 Å². The molecule has 6 heteroatoms. The molecule has 4 rings (SSSR count). The molecule has 0 aliphatic heterocycles. The number of carbonyl (C=O) groups is 1. The molecule has 2 unspecified atom stereocenters. The molecule has 1 fully saturated rings. The topological polar surface area (TPSA) is 73.6 Å². The summed E-state index contributed by atoms with van der Waals surface area (Å²) in [6, 6.07) is 11.4. The maximum absolute atomic E-state index is 11.6. The number of nitrogens with zero attached hydrogens (tertiary/aromatic N) is 5. The number of carbonyl (C=O) groups excluding carboxylic acids is 1. The van der Waals surface area contributed by atoms with Crippen molar-refractivity contribution in [2.75, 3.05) is 0 Å². The molecule has 0 bridgehead atoms. The summed E-state index contributed by atoms with van der Waals surface area (Å²) in [6.07, 6.45) is 8.59. The number of aldehydes is 1. The quantitative estimate of drug-likeness (QED) is 0.686. The van der Waals surface area contributed by atoms with Crippen LogP contribution in [0.15, 0.2) is 48.8 Å². The second kappa shape index (κ2) is 6.93. The van der Waals surface area contributed by atoms with Gasteiger partial charge >= 0.3 is 0 Å². The van der Waals surface area contributed by atoms with Crippen LogP contribution in [0, 0.1) is 5.92 Å². The third-order valence-corrected chi connectivity index (χ3v) is 4.79. The summed E-state index contributed by atoms with van der Waals surface area (Å²) in [5.74, 6) is 2.26. The predicted octanol–water partition coefficient (Wildman–Crippen LogP) is 3.20. The standard InChI is InChI=1S/C19H19N5O/c25-13-14-7-1-2-8-15(14)18-22-23-19(16-9-3-5-11-20-16)24(18)17-10-4-6-12-21-17/h3-6,9-15H,1-2,7-8H2. The Kier molecular flexibility index (Phi) is 4.33. The smallest absolute Gasteiger partial charge is 0.188 e. The molecule has 0 radical (unpaired) electrons. The summed E-state index contributed by atoms with van der Waals surface area (Å²) >= 11 is 0. The van der Waals surface area contributed by atoms with Gasteiger partial charge < -0.3 is 4.79 Å². The van der Waals surface area contributed by atoms with E-state index < -0.39 is 0 Å². The van der Waals surface area contributed by atoms with Crippen molar-refractivity contribution < 1.29 is 4.79 Å². The zero-order valence-corrected chi connectivity index (χ0v) is 13.8. The highest BCUT2D eigenvalue weighted by atomic mass is 16.1. The average molecular weight is 333 g/mol. The monoisotopic (exact) mass is 333 g/mol. The van der Waals surface area contributed by atoms with Crippen molar-refractivity contribution in [1.29, 1.82) is 0 Å². The van der Waals surface area contributed by atoms with Crippen LogP contribution in [0.25, 0.3) is 17.3 Å². The predicted molar refractivity (Wildman–Crippen MR) is 93.1 cm³/mol. The molecule has 0 amide bonds. The van der Waals surface area contributed by atoms with Crippen molar-refractivity contribution in [3.8, 4) is 17.3 Å². The number of pyridine rings is 2. The molecule has 6 nitrogen and oxygen atoms in total. The van der Waals surface area contributed by atoms with Gasteiger partial charge in [0.1, 0.15) is 23.6 Å². The van der Waals surface area contributed by atoms with Crippen LogP contribution >= 0.6 is 0 Å². The second-order valence-electron chi connectivity index (χ2n) is 6.31. The van der Waals surface area contributed by atoms with Crippen molar-refractivity contribution in [2.24, 2.45) is 5.92 Å². The molecule has 0 aromatic carbocycles. The summed E-state index contributed by atoms with van der Waals surface area (Å²) in [5, 5.41) is 8.87. The number of hydrogen-bond acceptors (Lipinski definition) is 5.